The summed E-state index contributed by atoms with van der Waals surface area (Å²) in [6.07, 6.45) is 2.69. The number of nitro groups is 1. The summed E-state index contributed by atoms with van der Waals surface area (Å²) in [7, 11) is 1.51. The summed E-state index contributed by atoms with van der Waals surface area (Å²) in [6, 6.07) is 9.96. The van der Waals surface area contributed by atoms with E-state index in [9.17, 15) is 19.3 Å². The number of nitrogens with one attached hydrogen (secondary N) is 1. The maximum atomic E-state index is 13.6. The SMILES string of the molecule is COc1ccccc1/C=C/C(=O)Nc1cc([N+](=O)[O-])ccc1F. The molecule has 0 unspecified atom stereocenters. The molecule has 6 nitrogen and oxygen atoms in total. The van der Waals surface area contributed by atoms with Crippen molar-refractivity contribution in [2.24, 2.45) is 0 Å². The highest BCUT2D eigenvalue weighted by molar-refractivity contribution is 6.02. The first-order valence-corrected chi connectivity index (χ1v) is 6.57. The van der Waals surface area contributed by atoms with E-state index in [0.29, 0.717) is 11.3 Å². The van der Waals surface area contributed by atoms with Crippen molar-refractivity contribution in [3.8, 4) is 5.75 Å². The number of halogens is 1. The van der Waals surface area contributed by atoms with Gasteiger partial charge in [-0.15, -0.1) is 0 Å². The molecule has 0 spiro atoms. The summed E-state index contributed by atoms with van der Waals surface area (Å²) in [5.74, 6) is -0.789. The molecule has 7 heteroatoms. The first-order valence-electron chi connectivity index (χ1n) is 6.57. The molecule has 1 amide bonds. The zero-order valence-corrected chi connectivity index (χ0v) is 12.2. The Balaban J connectivity index is 2.15. The van der Waals surface area contributed by atoms with Crippen LogP contribution in [0.2, 0.25) is 0 Å². The van der Waals surface area contributed by atoms with Crippen LogP contribution < -0.4 is 10.1 Å². The third-order valence-electron chi connectivity index (χ3n) is 2.97. The van der Waals surface area contributed by atoms with Gasteiger partial charge in [0, 0.05) is 23.8 Å². The second-order valence-corrected chi connectivity index (χ2v) is 4.49. The fourth-order valence-electron chi connectivity index (χ4n) is 1.87. The molecule has 23 heavy (non-hydrogen) atoms. The summed E-state index contributed by atoms with van der Waals surface area (Å²) in [5.41, 5.74) is 0.106. The molecule has 0 bridgehead atoms. The fourth-order valence-corrected chi connectivity index (χ4v) is 1.87. The molecule has 0 atom stereocenters. The molecule has 0 fully saturated rings. The van der Waals surface area contributed by atoms with Crippen LogP contribution in [0, 0.1) is 15.9 Å². The van der Waals surface area contributed by atoms with E-state index >= 15 is 0 Å². The first kappa shape index (κ1) is 16.2. The van der Waals surface area contributed by atoms with E-state index in [1.54, 1.807) is 24.3 Å². The van der Waals surface area contributed by atoms with Crippen molar-refractivity contribution in [3.05, 3.63) is 70.0 Å². The minimum absolute atomic E-state index is 0.256. The molecular weight excluding hydrogens is 303 g/mol. The third-order valence-corrected chi connectivity index (χ3v) is 2.97. The van der Waals surface area contributed by atoms with Crippen LogP contribution in [0.1, 0.15) is 5.56 Å². The van der Waals surface area contributed by atoms with Gasteiger partial charge >= 0.3 is 0 Å². The normalized spacial score (nSPS) is 10.5. The largest absolute Gasteiger partial charge is 0.496 e. The lowest BCUT2D eigenvalue weighted by molar-refractivity contribution is -0.384. The summed E-state index contributed by atoms with van der Waals surface area (Å²) in [6.45, 7) is 0. The molecule has 0 saturated carbocycles. The van der Waals surface area contributed by atoms with Crippen molar-refractivity contribution < 1.29 is 18.8 Å². The fraction of sp³-hybridized carbons (Fsp3) is 0.0625. The predicted octanol–water partition coefficient (Wildman–Crippen LogP) is 3.39. The lowest BCUT2D eigenvalue weighted by Crippen LogP contribution is -2.09. The zero-order valence-electron chi connectivity index (χ0n) is 12.2. The third kappa shape index (κ3) is 4.13. The van der Waals surface area contributed by atoms with Gasteiger partial charge in [0.1, 0.15) is 11.6 Å². The number of rotatable bonds is 5. The van der Waals surface area contributed by atoms with E-state index in [1.807, 2.05) is 0 Å². The molecule has 0 aliphatic rings. The van der Waals surface area contributed by atoms with Gasteiger partial charge in [-0.25, -0.2) is 4.39 Å². The molecule has 0 aliphatic heterocycles. The molecule has 2 aromatic carbocycles. The number of methoxy groups -OCH3 is 1. The minimum Gasteiger partial charge on any atom is -0.496 e. The number of non-ortho nitro benzene ring substituents is 1. The second kappa shape index (κ2) is 7.17. The number of amides is 1. The first-order chi connectivity index (χ1) is 11.0. The van der Waals surface area contributed by atoms with Gasteiger partial charge in [-0.1, -0.05) is 18.2 Å². The Morgan fingerprint density at radius 1 is 1.30 bits per heavy atom. The maximum absolute atomic E-state index is 13.6. The van der Waals surface area contributed by atoms with Gasteiger partial charge in [0.05, 0.1) is 17.7 Å². The number of nitrogens with zero attached hydrogens (tertiary/aromatic N) is 1. The average Bonchev–Trinajstić information content (AvgIpc) is 2.55. The molecule has 1 N–H and O–H groups in total. The topological polar surface area (TPSA) is 81.5 Å². The molecule has 2 rings (SSSR count). The van der Waals surface area contributed by atoms with Gasteiger partial charge in [0.2, 0.25) is 5.91 Å². The number of hydrogen-bond acceptors (Lipinski definition) is 4. The van der Waals surface area contributed by atoms with Gasteiger partial charge in [-0.05, 0) is 18.2 Å². The van der Waals surface area contributed by atoms with Crippen LogP contribution in [0.25, 0.3) is 6.08 Å². The Morgan fingerprint density at radius 3 is 2.74 bits per heavy atom. The van der Waals surface area contributed by atoms with Gasteiger partial charge in [0.25, 0.3) is 5.69 Å². The molecule has 0 aliphatic carbocycles. The minimum atomic E-state index is -0.755. The van der Waals surface area contributed by atoms with Crippen molar-refractivity contribution in [2.45, 2.75) is 0 Å². The van der Waals surface area contributed by atoms with Crippen molar-refractivity contribution in [1.82, 2.24) is 0 Å². The van der Waals surface area contributed by atoms with Crippen molar-refractivity contribution in [3.63, 3.8) is 0 Å². The van der Waals surface area contributed by atoms with Gasteiger partial charge in [0.15, 0.2) is 0 Å². The standard InChI is InChI=1S/C16H13FN2O4/c1-23-15-5-3-2-4-11(15)6-9-16(20)18-14-10-12(19(21)22)7-8-13(14)17/h2-10H,1H3,(H,18,20)/b9-6+. The number of benzene rings is 2. The molecule has 0 aromatic heterocycles. The monoisotopic (exact) mass is 316 g/mol. The number of anilines is 1. The Labute approximate surface area is 131 Å². The van der Waals surface area contributed by atoms with Crippen LogP contribution in [0.5, 0.6) is 5.75 Å². The Kier molecular flexibility index (Phi) is 5.03. The summed E-state index contributed by atoms with van der Waals surface area (Å²) >= 11 is 0. The number of para-hydroxylation sites is 1. The highest BCUT2D eigenvalue weighted by Gasteiger charge is 2.12. The van der Waals surface area contributed by atoms with Gasteiger partial charge in [-0.3, -0.25) is 14.9 Å². The molecule has 0 radical (unpaired) electrons. The Hall–Kier alpha value is -3.22. The van der Waals surface area contributed by atoms with Crippen LogP contribution in [-0.4, -0.2) is 17.9 Å². The van der Waals surface area contributed by atoms with E-state index in [4.69, 9.17) is 4.74 Å². The Morgan fingerprint density at radius 2 is 2.04 bits per heavy atom. The van der Waals surface area contributed by atoms with E-state index in [2.05, 4.69) is 5.32 Å². The summed E-state index contributed by atoms with van der Waals surface area (Å²) in [5, 5.41) is 12.9. The van der Waals surface area contributed by atoms with Crippen molar-refractivity contribution in [1.29, 1.82) is 0 Å². The van der Waals surface area contributed by atoms with Crippen molar-refractivity contribution in [2.75, 3.05) is 12.4 Å². The van der Waals surface area contributed by atoms with Crippen LogP contribution in [-0.2, 0) is 4.79 Å². The van der Waals surface area contributed by atoms with Gasteiger partial charge < -0.3 is 10.1 Å². The summed E-state index contributed by atoms with van der Waals surface area (Å²) < 4.78 is 18.7. The lowest BCUT2D eigenvalue weighted by atomic mass is 10.2. The van der Waals surface area contributed by atoms with Crippen LogP contribution >= 0.6 is 0 Å². The number of ether oxygens (including phenoxy) is 1. The lowest BCUT2D eigenvalue weighted by Gasteiger charge is -2.05. The van der Waals surface area contributed by atoms with E-state index in [0.717, 1.165) is 18.2 Å². The Bertz CT molecular complexity index is 774. The number of carbonyl (C=O) groups excluding carboxylic acids is 1. The van der Waals surface area contributed by atoms with Crippen LogP contribution in [0.3, 0.4) is 0 Å². The second-order valence-electron chi connectivity index (χ2n) is 4.49. The molecule has 118 valence electrons. The van der Waals surface area contributed by atoms with E-state index in [1.165, 1.54) is 19.3 Å². The molecular formula is C16H13FN2O4. The predicted molar refractivity (Wildman–Crippen MR) is 83.7 cm³/mol. The number of nitro benzene ring substituents is 1. The smallest absolute Gasteiger partial charge is 0.271 e. The average molecular weight is 316 g/mol. The zero-order chi connectivity index (χ0) is 16.8. The maximum Gasteiger partial charge on any atom is 0.271 e. The van der Waals surface area contributed by atoms with E-state index < -0.39 is 16.6 Å². The van der Waals surface area contributed by atoms with Gasteiger partial charge in [-0.2, -0.15) is 0 Å². The van der Waals surface area contributed by atoms with E-state index in [-0.39, 0.29) is 11.4 Å². The molecule has 0 heterocycles. The number of carbonyl (C=O) groups is 1. The quantitative estimate of drug-likeness (QED) is 0.521. The van der Waals surface area contributed by atoms with Crippen molar-refractivity contribution >= 4 is 23.4 Å². The van der Waals surface area contributed by atoms with Crippen LogP contribution in [0.4, 0.5) is 15.8 Å². The highest BCUT2D eigenvalue weighted by atomic mass is 19.1. The molecule has 2 aromatic rings. The van der Waals surface area contributed by atoms with Crippen LogP contribution in [0.15, 0.2) is 48.5 Å². The highest BCUT2D eigenvalue weighted by Crippen LogP contribution is 2.22. The summed E-state index contributed by atoms with van der Waals surface area (Å²) in [4.78, 5) is 21.9. The molecule has 0 saturated heterocycles. The number of hydrogen-bond donors (Lipinski definition) is 1.